The van der Waals surface area contributed by atoms with Crippen LogP contribution in [0.2, 0.25) is 0 Å². The van der Waals surface area contributed by atoms with Gasteiger partial charge in [-0.15, -0.1) is 0 Å². The molecule has 0 N–H and O–H groups in total. The quantitative estimate of drug-likeness (QED) is 0.851. The van der Waals surface area contributed by atoms with Crippen LogP contribution in [0.4, 0.5) is 4.39 Å². The van der Waals surface area contributed by atoms with Gasteiger partial charge in [-0.25, -0.2) is 17.8 Å². The first kappa shape index (κ1) is 15.8. The summed E-state index contributed by atoms with van der Waals surface area (Å²) in [6.45, 7) is 0.704. The third kappa shape index (κ3) is 3.65. The molecule has 0 unspecified atom stereocenters. The first-order chi connectivity index (χ1) is 11.1. The minimum atomic E-state index is -3.59. The van der Waals surface area contributed by atoms with Crippen molar-refractivity contribution in [2.75, 3.05) is 13.1 Å². The molecule has 1 aromatic heterocycles. The fourth-order valence-electron chi connectivity index (χ4n) is 2.46. The average Bonchev–Trinajstić information content (AvgIpc) is 2.57. The Balaban J connectivity index is 1.63. The smallest absolute Gasteiger partial charge is 0.243 e. The zero-order valence-electron chi connectivity index (χ0n) is 12.3. The predicted octanol–water partition coefficient (Wildman–Crippen LogP) is 1.85. The van der Waals surface area contributed by atoms with Gasteiger partial charge in [0.15, 0.2) is 0 Å². The van der Waals surface area contributed by atoms with Crippen molar-refractivity contribution in [3.05, 3.63) is 48.7 Å². The van der Waals surface area contributed by atoms with E-state index >= 15 is 0 Å². The lowest BCUT2D eigenvalue weighted by molar-refractivity contribution is 0.129. The molecule has 0 amide bonds. The Bertz CT molecular complexity index is 745. The molecule has 1 aromatic carbocycles. The molecular formula is C15H16FN3O3S. The van der Waals surface area contributed by atoms with E-state index < -0.39 is 15.8 Å². The average molecular weight is 337 g/mol. The van der Waals surface area contributed by atoms with Gasteiger partial charge in [-0.3, -0.25) is 4.98 Å². The first-order valence-corrected chi connectivity index (χ1v) is 8.68. The van der Waals surface area contributed by atoms with Crippen LogP contribution in [-0.2, 0) is 10.0 Å². The van der Waals surface area contributed by atoms with Crippen molar-refractivity contribution in [2.45, 2.75) is 23.8 Å². The lowest BCUT2D eigenvalue weighted by Crippen LogP contribution is -2.41. The van der Waals surface area contributed by atoms with Crippen LogP contribution in [-0.4, -0.2) is 41.9 Å². The minimum absolute atomic E-state index is 0.0913. The number of halogens is 1. The van der Waals surface area contributed by atoms with Crippen LogP contribution in [0, 0.1) is 5.82 Å². The minimum Gasteiger partial charge on any atom is -0.473 e. The molecule has 1 aliphatic heterocycles. The maximum absolute atomic E-state index is 12.9. The number of piperidine rings is 1. The summed E-state index contributed by atoms with van der Waals surface area (Å²) in [5, 5.41) is 0. The Morgan fingerprint density at radius 2 is 1.83 bits per heavy atom. The van der Waals surface area contributed by atoms with Crippen LogP contribution >= 0.6 is 0 Å². The second kappa shape index (κ2) is 6.59. The van der Waals surface area contributed by atoms with Gasteiger partial charge in [0.25, 0.3) is 0 Å². The van der Waals surface area contributed by atoms with Crippen molar-refractivity contribution < 1.29 is 17.5 Å². The van der Waals surface area contributed by atoms with Crippen molar-refractivity contribution >= 4 is 10.0 Å². The number of sulfonamides is 1. The monoisotopic (exact) mass is 337 g/mol. The standard InChI is InChI=1S/C15H16FN3O3S/c16-12-1-3-14(4-2-12)23(20,21)19-9-5-13(6-10-19)22-15-11-17-7-8-18-15/h1-4,7-8,11,13H,5-6,9-10H2. The number of nitrogens with zero attached hydrogens (tertiary/aromatic N) is 3. The number of hydrogen-bond acceptors (Lipinski definition) is 5. The number of hydrogen-bond donors (Lipinski definition) is 0. The van der Waals surface area contributed by atoms with Gasteiger partial charge in [0.2, 0.25) is 15.9 Å². The summed E-state index contributed by atoms with van der Waals surface area (Å²) in [4.78, 5) is 8.07. The summed E-state index contributed by atoms with van der Waals surface area (Å²) in [5.74, 6) is -0.0210. The highest BCUT2D eigenvalue weighted by Crippen LogP contribution is 2.23. The van der Waals surface area contributed by atoms with Gasteiger partial charge in [-0.2, -0.15) is 4.31 Å². The lowest BCUT2D eigenvalue weighted by atomic mass is 10.1. The van der Waals surface area contributed by atoms with Crippen molar-refractivity contribution in [1.82, 2.24) is 14.3 Å². The number of aromatic nitrogens is 2. The SMILES string of the molecule is O=S(=O)(c1ccc(F)cc1)N1CCC(Oc2cnccn2)CC1. The Kier molecular flexibility index (Phi) is 4.53. The summed E-state index contributed by atoms with van der Waals surface area (Å²) >= 11 is 0. The van der Waals surface area contributed by atoms with E-state index in [1.54, 1.807) is 12.4 Å². The Hall–Kier alpha value is -2.06. The lowest BCUT2D eigenvalue weighted by Gasteiger charge is -2.31. The third-order valence-electron chi connectivity index (χ3n) is 3.68. The van der Waals surface area contributed by atoms with Crippen LogP contribution in [0.3, 0.4) is 0 Å². The van der Waals surface area contributed by atoms with Gasteiger partial charge < -0.3 is 4.74 Å². The van der Waals surface area contributed by atoms with Crippen LogP contribution < -0.4 is 4.74 Å². The Morgan fingerprint density at radius 3 is 2.43 bits per heavy atom. The zero-order valence-corrected chi connectivity index (χ0v) is 13.1. The largest absolute Gasteiger partial charge is 0.473 e. The molecule has 122 valence electrons. The summed E-state index contributed by atoms with van der Waals surface area (Å²) in [5.41, 5.74) is 0. The molecule has 2 aromatic rings. The van der Waals surface area contributed by atoms with Gasteiger partial charge in [0.1, 0.15) is 11.9 Å². The topological polar surface area (TPSA) is 72.4 Å². The summed E-state index contributed by atoms with van der Waals surface area (Å²) < 4.78 is 45.0. The molecular weight excluding hydrogens is 321 g/mol. The fourth-order valence-corrected chi connectivity index (χ4v) is 3.93. The molecule has 3 rings (SSSR count). The van der Waals surface area contributed by atoms with Gasteiger partial charge in [-0.05, 0) is 37.1 Å². The summed E-state index contributed by atoms with van der Waals surface area (Å²) in [6.07, 6.45) is 5.68. The highest BCUT2D eigenvalue weighted by Gasteiger charge is 2.30. The van der Waals surface area contributed by atoms with E-state index in [-0.39, 0.29) is 11.0 Å². The highest BCUT2D eigenvalue weighted by atomic mass is 32.2. The molecule has 0 saturated carbocycles. The molecule has 0 radical (unpaired) electrons. The molecule has 0 spiro atoms. The molecule has 0 bridgehead atoms. The van der Waals surface area contributed by atoms with Gasteiger partial charge >= 0.3 is 0 Å². The van der Waals surface area contributed by atoms with E-state index in [9.17, 15) is 12.8 Å². The highest BCUT2D eigenvalue weighted by molar-refractivity contribution is 7.89. The summed E-state index contributed by atoms with van der Waals surface area (Å²) in [7, 11) is -3.59. The number of benzene rings is 1. The van der Waals surface area contributed by atoms with Gasteiger partial charge in [-0.1, -0.05) is 0 Å². The maximum Gasteiger partial charge on any atom is 0.243 e. The van der Waals surface area contributed by atoms with Crippen LogP contribution in [0.1, 0.15) is 12.8 Å². The van der Waals surface area contributed by atoms with Crippen LogP contribution in [0.15, 0.2) is 47.8 Å². The van der Waals surface area contributed by atoms with E-state index in [2.05, 4.69) is 9.97 Å². The summed E-state index contributed by atoms with van der Waals surface area (Å²) in [6, 6.07) is 4.87. The normalized spacial score (nSPS) is 17.1. The second-order valence-corrected chi connectivity index (χ2v) is 7.16. The van der Waals surface area contributed by atoms with Crippen molar-refractivity contribution in [3.63, 3.8) is 0 Å². The van der Waals surface area contributed by atoms with E-state index in [1.807, 2.05) is 0 Å². The second-order valence-electron chi connectivity index (χ2n) is 5.22. The van der Waals surface area contributed by atoms with E-state index in [4.69, 9.17) is 4.74 Å². The number of rotatable bonds is 4. The zero-order chi connectivity index (χ0) is 16.3. The Morgan fingerprint density at radius 1 is 1.13 bits per heavy atom. The van der Waals surface area contributed by atoms with E-state index in [0.29, 0.717) is 31.8 Å². The molecule has 1 saturated heterocycles. The fraction of sp³-hybridized carbons (Fsp3) is 0.333. The Labute approximate surface area is 134 Å². The molecule has 23 heavy (non-hydrogen) atoms. The van der Waals surface area contributed by atoms with Crippen molar-refractivity contribution in [1.29, 1.82) is 0 Å². The molecule has 1 aliphatic rings. The van der Waals surface area contributed by atoms with Crippen molar-refractivity contribution in [2.24, 2.45) is 0 Å². The molecule has 6 nitrogen and oxygen atoms in total. The maximum atomic E-state index is 12.9. The van der Waals surface area contributed by atoms with E-state index in [1.165, 1.54) is 22.6 Å². The molecule has 2 heterocycles. The molecule has 1 fully saturated rings. The third-order valence-corrected chi connectivity index (χ3v) is 5.59. The van der Waals surface area contributed by atoms with Gasteiger partial charge in [0, 0.05) is 25.5 Å². The van der Waals surface area contributed by atoms with Crippen LogP contribution in [0.5, 0.6) is 5.88 Å². The predicted molar refractivity (Wildman–Crippen MR) is 80.8 cm³/mol. The molecule has 8 heteroatoms. The van der Waals surface area contributed by atoms with Gasteiger partial charge in [0.05, 0.1) is 11.1 Å². The van der Waals surface area contributed by atoms with E-state index in [0.717, 1.165) is 12.1 Å². The van der Waals surface area contributed by atoms with Crippen molar-refractivity contribution in [3.8, 4) is 5.88 Å². The number of ether oxygens (including phenoxy) is 1. The molecule has 0 aliphatic carbocycles. The first-order valence-electron chi connectivity index (χ1n) is 7.24. The molecule has 0 atom stereocenters. The van der Waals surface area contributed by atoms with Crippen LogP contribution in [0.25, 0.3) is 0 Å².